The van der Waals surface area contributed by atoms with Gasteiger partial charge >= 0.3 is 0 Å². The Kier molecular flexibility index (Phi) is 6.72. The molecule has 2 fully saturated rings. The topological polar surface area (TPSA) is 40.1 Å². The quantitative estimate of drug-likeness (QED) is 0.621. The molecule has 2 aliphatic rings. The van der Waals surface area contributed by atoms with Gasteiger partial charge in [-0.05, 0) is 24.2 Å². The van der Waals surface area contributed by atoms with Gasteiger partial charge in [-0.2, -0.15) is 0 Å². The standard InChI is InChI=1S/C18H36N4O/c1-15(2)12-16(21-8-10-23-11-9-21)13-20-17(19-5)22-7-6-18(3,4)14-22/h15-16H,6-14H2,1-5H3,(H,19,20). The van der Waals surface area contributed by atoms with Crippen molar-refractivity contribution in [3.63, 3.8) is 0 Å². The summed E-state index contributed by atoms with van der Waals surface area (Å²) in [6.45, 7) is 16.3. The Bertz CT molecular complexity index is 388. The van der Waals surface area contributed by atoms with E-state index in [9.17, 15) is 0 Å². The Morgan fingerprint density at radius 3 is 2.43 bits per heavy atom. The van der Waals surface area contributed by atoms with E-state index in [1.165, 1.54) is 12.8 Å². The molecule has 2 saturated heterocycles. The van der Waals surface area contributed by atoms with Crippen molar-refractivity contribution in [2.75, 3.05) is 53.0 Å². The number of nitrogens with one attached hydrogen (secondary N) is 1. The Morgan fingerprint density at radius 2 is 1.91 bits per heavy atom. The summed E-state index contributed by atoms with van der Waals surface area (Å²) in [6, 6.07) is 0.561. The van der Waals surface area contributed by atoms with Crippen LogP contribution in [0.3, 0.4) is 0 Å². The highest BCUT2D eigenvalue weighted by atomic mass is 16.5. The minimum absolute atomic E-state index is 0.402. The van der Waals surface area contributed by atoms with Crippen LogP contribution in [0.4, 0.5) is 0 Å². The molecule has 0 radical (unpaired) electrons. The molecule has 0 aromatic heterocycles. The molecule has 1 atom stereocenters. The van der Waals surface area contributed by atoms with E-state index >= 15 is 0 Å². The van der Waals surface area contributed by atoms with Gasteiger partial charge in [0.1, 0.15) is 0 Å². The van der Waals surface area contributed by atoms with Gasteiger partial charge in [-0.1, -0.05) is 27.7 Å². The predicted molar refractivity (Wildman–Crippen MR) is 97.0 cm³/mol. The minimum atomic E-state index is 0.402. The van der Waals surface area contributed by atoms with Crippen LogP contribution in [0.15, 0.2) is 4.99 Å². The van der Waals surface area contributed by atoms with E-state index in [-0.39, 0.29) is 0 Å². The van der Waals surface area contributed by atoms with E-state index in [4.69, 9.17) is 4.74 Å². The van der Waals surface area contributed by atoms with Crippen molar-refractivity contribution in [1.82, 2.24) is 15.1 Å². The molecule has 0 saturated carbocycles. The van der Waals surface area contributed by atoms with Gasteiger partial charge in [-0.3, -0.25) is 9.89 Å². The van der Waals surface area contributed by atoms with E-state index in [2.05, 4.69) is 47.8 Å². The van der Waals surface area contributed by atoms with Crippen LogP contribution in [-0.4, -0.2) is 74.8 Å². The molecule has 134 valence electrons. The van der Waals surface area contributed by atoms with Crippen LogP contribution in [0, 0.1) is 11.3 Å². The summed E-state index contributed by atoms with van der Waals surface area (Å²) in [5.41, 5.74) is 0.402. The van der Waals surface area contributed by atoms with Gasteiger partial charge in [0.25, 0.3) is 0 Å². The number of hydrogen-bond donors (Lipinski definition) is 1. The summed E-state index contributed by atoms with van der Waals surface area (Å²) >= 11 is 0. The van der Waals surface area contributed by atoms with Crippen LogP contribution >= 0.6 is 0 Å². The lowest BCUT2D eigenvalue weighted by Gasteiger charge is -2.36. The third-order valence-electron chi connectivity index (χ3n) is 4.99. The lowest BCUT2D eigenvalue weighted by atomic mass is 9.93. The predicted octanol–water partition coefficient (Wildman–Crippen LogP) is 2.04. The molecule has 5 heteroatoms. The van der Waals surface area contributed by atoms with Crippen LogP contribution in [0.2, 0.25) is 0 Å². The summed E-state index contributed by atoms with van der Waals surface area (Å²) < 4.78 is 5.51. The maximum atomic E-state index is 5.51. The highest BCUT2D eigenvalue weighted by molar-refractivity contribution is 5.80. The maximum absolute atomic E-state index is 5.51. The number of ether oxygens (including phenoxy) is 1. The van der Waals surface area contributed by atoms with E-state index in [1.54, 1.807) is 0 Å². The summed E-state index contributed by atoms with van der Waals surface area (Å²) in [5, 5.41) is 3.65. The first-order chi connectivity index (χ1) is 10.9. The summed E-state index contributed by atoms with van der Waals surface area (Å²) in [7, 11) is 1.90. The van der Waals surface area contributed by atoms with E-state index < -0.39 is 0 Å². The SMILES string of the molecule is CN=C(NCC(CC(C)C)N1CCOCC1)N1CCC(C)(C)C1. The van der Waals surface area contributed by atoms with Gasteiger partial charge in [-0.25, -0.2) is 0 Å². The molecule has 2 aliphatic heterocycles. The number of rotatable bonds is 5. The van der Waals surface area contributed by atoms with Crippen molar-refractivity contribution < 1.29 is 4.74 Å². The zero-order valence-corrected chi connectivity index (χ0v) is 15.8. The Hall–Kier alpha value is -0.810. The average molecular weight is 325 g/mol. The first-order valence-corrected chi connectivity index (χ1v) is 9.18. The molecule has 0 aromatic carbocycles. The molecule has 0 spiro atoms. The van der Waals surface area contributed by atoms with Crippen molar-refractivity contribution >= 4 is 5.96 Å². The van der Waals surface area contributed by atoms with E-state index in [1.807, 2.05) is 7.05 Å². The highest BCUT2D eigenvalue weighted by Gasteiger charge is 2.31. The Morgan fingerprint density at radius 1 is 1.22 bits per heavy atom. The molecule has 1 unspecified atom stereocenters. The van der Waals surface area contributed by atoms with E-state index in [0.29, 0.717) is 17.4 Å². The molecule has 1 N–H and O–H groups in total. The van der Waals surface area contributed by atoms with Crippen LogP contribution in [0.1, 0.15) is 40.5 Å². The lowest BCUT2D eigenvalue weighted by molar-refractivity contribution is 0.0131. The summed E-state index contributed by atoms with van der Waals surface area (Å²) in [5.74, 6) is 1.77. The smallest absolute Gasteiger partial charge is 0.193 e. The van der Waals surface area contributed by atoms with Crippen LogP contribution < -0.4 is 5.32 Å². The third-order valence-corrected chi connectivity index (χ3v) is 4.99. The number of hydrogen-bond acceptors (Lipinski definition) is 3. The van der Waals surface area contributed by atoms with E-state index in [0.717, 1.165) is 51.9 Å². The molecular formula is C18H36N4O. The first kappa shape index (κ1) is 18.5. The van der Waals surface area contributed by atoms with Gasteiger partial charge < -0.3 is 15.0 Å². The molecule has 2 rings (SSSR count). The second kappa shape index (κ2) is 8.34. The fourth-order valence-electron chi connectivity index (χ4n) is 3.68. The summed E-state index contributed by atoms with van der Waals surface area (Å²) in [4.78, 5) is 9.51. The fraction of sp³-hybridized carbons (Fsp3) is 0.944. The fourth-order valence-corrected chi connectivity index (χ4v) is 3.68. The molecule has 0 amide bonds. The Labute approximate surface area is 142 Å². The van der Waals surface area contributed by atoms with Crippen LogP contribution in [0.25, 0.3) is 0 Å². The first-order valence-electron chi connectivity index (χ1n) is 9.18. The van der Waals surface area contributed by atoms with Crippen molar-refractivity contribution in [3.05, 3.63) is 0 Å². The molecule has 23 heavy (non-hydrogen) atoms. The van der Waals surface area contributed by atoms with Crippen LogP contribution in [-0.2, 0) is 4.74 Å². The normalized spacial score (nSPS) is 24.3. The summed E-state index contributed by atoms with van der Waals surface area (Å²) in [6.07, 6.45) is 2.46. The zero-order chi connectivity index (χ0) is 16.9. The van der Waals surface area contributed by atoms with Gasteiger partial charge in [-0.15, -0.1) is 0 Å². The highest BCUT2D eigenvalue weighted by Crippen LogP contribution is 2.28. The van der Waals surface area contributed by atoms with Gasteiger partial charge in [0.2, 0.25) is 0 Å². The van der Waals surface area contributed by atoms with Crippen molar-refractivity contribution in [1.29, 1.82) is 0 Å². The largest absolute Gasteiger partial charge is 0.379 e. The van der Waals surface area contributed by atoms with Crippen molar-refractivity contribution in [3.8, 4) is 0 Å². The number of aliphatic imine (C=N–C) groups is 1. The monoisotopic (exact) mass is 324 g/mol. The Balaban J connectivity index is 1.90. The second-order valence-electron chi connectivity index (χ2n) is 8.20. The van der Waals surface area contributed by atoms with Crippen molar-refractivity contribution in [2.45, 2.75) is 46.6 Å². The number of morpholine rings is 1. The zero-order valence-electron chi connectivity index (χ0n) is 15.8. The van der Waals surface area contributed by atoms with Gasteiger partial charge in [0, 0.05) is 45.8 Å². The number of guanidine groups is 1. The minimum Gasteiger partial charge on any atom is -0.379 e. The number of nitrogens with zero attached hydrogens (tertiary/aromatic N) is 3. The van der Waals surface area contributed by atoms with Gasteiger partial charge in [0.15, 0.2) is 5.96 Å². The molecular weight excluding hydrogens is 288 g/mol. The van der Waals surface area contributed by atoms with Crippen molar-refractivity contribution in [2.24, 2.45) is 16.3 Å². The number of likely N-dealkylation sites (tertiary alicyclic amines) is 1. The lowest BCUT2D eigenvalue weighted by Crippen LogP contribution is -2.51. The third kappa shape index (κ3) is 5.64. The van der Waals surface area contributed by atoms with Crippen LogP contribution in [0.5, 0.6) is 0 Å². The second-order valence-corrected chi connectivity index (χ2v) is 8.20. The maximum Gasteiger partial charge on any atom is 0.193 e. The molecule has 0 aromatic rings. The molecule has 0 aliphatic carbocycles. The molecule has 5 nitrogen and oxygen atoms in total. The molecule has 2 heterocycles. The average Bonchev–Trinajstić information content (AvgIpc) is 2.87. The molecule has 0 bridgehead atoms. The van der Waals surface area contributed by atoms with Gasteiger partial charge in [0.05, 0.1) is 13.2 Å².